The maximum atomic E-state index is 11.3. The number of carbonyl (C=O) groups is 1. The first kappa shape index (κ1) is 18.3. The number of hydrogen-bond acceptors (Lipinski definition) is 7. The number of anilines is 1. The number of thiazole rings is 1. The van der Waals surface area contributed by atoms with Gasteiger partial charge in [-0.3, -0.25) is 10.4 Å². The summed E-state index contributed by atoms with van der Waals surface area (Å²) in [5.41, 5.74) is 0.0779. The van der Waals surface area contributed by atoms with Crippen LogP contribution in [0.25, 0.3) is 0 Å². The molecule has 1 aromatic rings. The number of nitrogens with one attached hydrogen (secondary N) is 2. The van der Waals surface area contributed by atoms with Crippen LogP contribution in [-0.2, 0) is 4.74 Å². The lowest BCUT2D eigenvalue weighted by Gasteiger charge is -2.17. The van der Waals surface area contributed by atoms with E-state index in [1.54, 1.807) is 0 Å². The average Bonchev–Trinajstić information content (AvgIpc) is 2.92. The van der Waals surface area contributed by atoms with Crippen molar-refractivity contribution >= 4 is 28.3 Å². The summed E-state index contributed by atoms with van der Waals surface area (Å²) in [7, 11) is 1.53. The third-order valence-corrected chi connectivity index (χ3v) is 3.93. The third kappa shape index (κ3) is 5.24. The molecule has 0 aliphatic rings. The van der Waals surface area contributed by atoms with Crippen molar-refractivity contribution in [3.8, 4) is 0 Å². The van der Waals surface area contributed by atoms with E-state index in [0.717, 1.165) is 42.2 Å². The molecule has 0 aliphatic carbocycles. The number of aromatic carboxylic acids is 1. The highest BCUT2D eigenvalue weighted by Gasteiger charge is 2.23. The van der Waals surface area contributed by atoms with Crippen LogP contribution in [0, 0.1) is 5.41 Å². The van der Waals surface area contributed by atoms with Gasteiger partial charge < -0.3 is 15.2 Å². The number of nitrogens with zero attached hydrogens (tertiary/aromatic N) is 2. The molecular weight excluding hydrogens is 306 g/mol. The fourth-order valence-corrected chi connectivity index (χ4v) is 2.54. The van der Waals surface area contributed by atoms with E-state index in [2.05, 4.69) is 17.2 Å². The molecule has 0 aromatic carbocycles. The Balaban J connectivity index is 2.81. The Morgan fingerprint density at radius 1 is 1.55 bits per heavy atom. The lowest BCUT2D eigenvalue weighted by Crippen LogP contribution is -2.40. The van der Waals surface area contributed by atoms with Gasteiger partial charge in [0.05, 0.1) is 13.2 Å². The normalized spacial score (nSPS) is 10.5. The number of methoxy groups -OCH3 is 1. The summed E-state index contributed by atoms with van der Waals surface area (Å²) in [6.07, 6.45) is 3.19. The molecule has 22 heavy (non-hydrogen) atoms. The van der Waals surface area contributed by atoms with Crippen molar-refractivity contribution in [3.05, 3.63) is 10.6 Å². The standard InChI is InChI=1S/C13H23N5O3S/c1-3-4-5-6-16-13-17-9(10(22-13)12(19)20)11(14)18(15)7-8-21-2/h14H,3-8,15H2,1-2H3,(H,16,17)(H,19,20). The second kappa shape index (κ2) is 9.34. The SMILES string of the molecule is CCCCCNc1nc(C(=N)N(N)CCOC)c(C(=O)O)s1. The molecule has 0 saturated carbocycles. The minimum absolute atomic E-state index is 0.0101. The van der Waals surface area contributed by atoms with Crippen LogP contribution < -0.4 is 11.2 Å². The van der Waals surface area contributed by atoms with E-state index in [0.29, 0.717) is 11.7 Å². The van der Waals surface area contributed by atoms with Gasteiger partial charge in [-0.25, -0.2) is 15.6 Å². The summed E-state index contributed by atoms with van der Waals surface area (Å²) in [6.45, 7) is 3.46. The fourth-order valence-electron chi connectivity index (χ4n) is 1.71. The number of nitrogens with two attached hydrogens (primary N) is 1. The molecule has 0 saturated heterocycles. The summed E-state index contributed by atoms with van der Waals surface area (Å²) >= 11 is 1.02. The maximum Gasteiger partial charge on any atom is 0.348 e. The first-order valence-electron chi connectivity index (χ1n) is 7.09. The van der Waals surface area contributed by atoms with Crippen LogP contribution in [0.1, 0.15) is 41.6 Å². The van der Waals surface area contributed by atoms with E-state index < -0.39 is 5.97 Å². The van der Waals surface area contributed by atoms with Gasteiger partial charge in [0.25, 0.3) is 0 Å². The minimum atomic E-state index is -1.11. The van der Waals surface area contributed by atoms with Crippen molar-refractivity contribution in [1.82, 2.24) is 9.99 Å². The minimum Gasteiger partial charge on any atom is -0.477 e. The Morgan fingerprint density at radius 2 is 2.27 bits per heavy atom. The van der Waals surface area contributed by atoms with E-state index in [4.69, 9.17) is 16.0 Å². The summed E-state index contributed by atoms with van der Waals surface area (Å²) in [4.78, 5) is 15.5. The zero-order valence-corrected chi connectivity index (χ0v) is 13.7. The number of amidine groups is 1. The summed E-state index contributed by atoms with van der Waals surface area (Å²) in [5, 5.41) is 22.0. The zero-order chi connectivity index (χ0) is 16.5. The quantitative estimate of drug-likeness (QED) is 0.169. The molecule has 9 heteroatoms. The average molecular weight is 329 g/mol. The highest BCUT2D eigenvalue weighted by atomic mass is 32.1. The molecule has 1 heterocycles. The van der Waals surface area contributed by atoms with Crippen LogP contribution in [0.5, 0.6) is 0 Å². The molecule has 0 atom stereocenters. The van der Waals surface area contributed by atoms with Crippen molar-refractivity contribution in [2.45, 2.75) is 26.2 Å². The van der Waals surface area contributed by atoms with Gasteiger partial charge in [-0.15, -0.1) is 0 Å². The van der Waals surface area contributed by atoms with Crippen molar-refractivity contribution in [3.63, 3.8) is 0 Å². The first-order valence-corrected chi connectivity index (χ1v) is 7.91. The maximum absolute atomic E-state index is 11.3. The lowest BCUT2D eigenvalue weighted by atomic mass is 10.2. The van der Waals surface area contributed by atoms with Crippen LogP contribution >= 0.6 is 11.3 Å². The van der Waals surface area contributed by atoms with Crippen molar-refractivity contribution < 1.29 is 14.6 Å². The van der Waals surface area contributed by atoms with Gasteiger partial charge in [0.1, 0.15) is 10.6 Å². The Bertz CT molecular complexity index is 506. The molecule has 0 aliphatic heterocycles. The Labute approximate surface area is 133 Å². The fraction of sp³-hybridized carbons (Fsp3) is 0.615. The molecule has 0 bridgehead atoms. The summed E-state index contributed by atoms with van der Waals surface area (Å²) in [5.74, 6) is 4.49. The van der Waals surface area contributed by atoms with E-state index in [1.807, 2.05) is 0 Å². The van der Waals surface area contributed by atoms with Crippen LogP contribution in [0.3, 0.4) is 0 Å². The number of carboxylic acids is 1. The number of carboxylic acid groups (broad SMARTS) is 1. The first-order chi connectivity index (χ1) is 10.5. The van der Waals surface area contributed by atoms with Gasteiger partial charge in [0.2, 0.25) is 0 Å². The molecule has 5 N–H and O–H groups in total. The second-order valence-corrected chi connectivity index (χ2v) is 5.67. The van der Waals surface area contributed by atoms with Gasteiger partial charge in [-0.2, -0.15) is 0 Å². The second-order valence-electron chi connectivity index (χ2n) is 4.67. The van der Waals surface area contributed by atoms with E-state index in [1.165, 1.54) is 7.11 Å². The Kier molecular flexibility index (Phi) is 7.78. The van der Waals surface area contributed by atoms with Gasteiger partial charge in [-0.1, -0.05) is 31.1 Å². The summed E-state index contributed by atoms with van der Waals surface area (Å²) < 4.78 is 4.89. The lowest BCUT2D eigenvalue weighted by molar-refractivity contribution is 0.0701. The largest absolute Gasteiger partial charge is 0.477 e. The van der Waals surface area contributed by atoms with E-state index >= 15 is 0 Å². The van der Waals surface area contributed by atoms with Gasteiger partial charge in [0, 0.05) is 13.7 Å². The molecule has 124 valence electrons. The number of aromatic nitrogens is 1. The number of ether oxygens (including phenoxy) is 1. The highest BCUT2D eigenvalue weighted by Crippen LogP contribution is 2.24. The van der Waals surface area contributed by atoms with Gasteiger partial charge in [0.15, 0.2) is 11.0 Å². The number of hydrogen-bond donors (Lipinski definition) is 4. The molecule has 0 fully saturated rings. The summed E-state index contributed by atoms with van der Waals surface area (Å²) in [6, 6.07) is 0. The van der Waals surface area contributed by atoms with Crippen molar-refractivity contribution in [1.29, 1.82) is 5.41 Å². The van der Waals surface area contributed by atoms with Crippen molar-refractivity contribution in [2.24, 2.45) is 5.84 Å². The Morgan fingerprint density at radius 3 is 2.86 bits per heavy atom. The topological polar surface area (TPSA) is 125 Å². The Hall–Kier alpha value is -1.71. The highest BCUT2D eigenvalue weighted by molar-refractivity contribution is 7.17. The third-order valence-electron chi connectivity index (χ3n) is 2.93. The molecule has 0 spiro atoms. The number of unbranched alkanes of at least 4 members (excludes halogenated alkanes) is 2. The van der Waals surface area contributed by atoms with Gasteiger partial charge in [-0.05, 0) is 6.42 Å². The monoisotopic (exact) mass is 329 g/mol. The molecule has 0 radical (unpaired) electrons. The molecule has 1 aromatic heterocycles. The van der Waals surface area contributed by atoms with Crippen LogP contribution in [-0.4, -0.2) is 53.7 Å². The predicted octanol–water partition coefficient (Wildman–Crippen LogP) is 1.59. The van der Waals surface area contributed by atoms with Crippen LogP contribution in [0.2, 0.25) is 0 Å². The smallest absolute Gasteiger partial charge is 0.348 e. The van der Waals surface area contributed by atoms with Crippen LogP contribution in [0.4, 0.5) is 5.13 Å². The molecule has 1 rings (SSSR count). The molecule has 8 nitrogen and oxygen atoms in total. The number of rotatable bonds is 10. The van der Waals surface area contributed by atoms with Gasteiger partial charge >= 0.3 is 5.97 Å². The van der Waals surface area contributed by atoms with E-state index in [9.17, 15) is 9.90 Å². The molecule has 0 unspecified atom stereocenters. The number of hydrazine groups is 1. The zero-order valence-electron chi connectivity index (χ0n) is 12.9. The van der Waals surface area contributed by atoms with E-state index in [-0.39, 0.29) is 23.0 Å². The predicted molar refractivity (Wildman–Crippen MR) is 86.7 cm³/mol. The molecule has 0 amide bonds. The molecular formula is C13H23N5O3S. The van der Waals surface area contributed by atoms with Crippen molar-refractivity contribution in [2.75, 3.05) is 32.1 Å². The van der Waals surface area contributed by atoms with Crippen LogP contribution in [0.15, 0.2) is 0 Å².